The molecule has 1 rings (SSSR count). The third-order valence-electron chi connectivity index (χ3n) is 14.6. The molecule has 0 saturated heterocycles. The number of aliphatic hydroxyl groups is 6. The van der Waals surface area contributed by atoms with Crippen LogP contribution < -0.4 is 5.32 Å². The van der Waals surface area contributed by atoms with Crippen molar-refractivity contribution in [1.29, 1.82) is 0 Å². The highest BCUT2D eigenvalue weighted by molar-refractivity contribution is 7.47. The number of allylic oxidation sites excluding steroid dienone is 1. The molecule has 0 aromatic heterocycles. The van der Waals surface area contributed by atoms with Crippen LogP contribution in [0.1, 0.15) is 290 Å². The predicted molar refractivity (Wildman–Crippen MR) is 288 cm³/mol. The third-order valence-corrected chi connectivity index (χ3v) is 15.6. The molecular formula is C57H112NO11P. The Balaban J connectivity index is 2.29. The number of rotatable bonds is 51. The van der Waals surface area contributed by atoms with Crippen LogP contribution >= 0.6 is 7.82 Å². The highest BCUT2D eigenvalue weighted by atomic mass is 31.2. The van der Waals surface area contributed by atoms with E-state index < -0.39 is 63.2 Å². The number of hydrogen-bond acceptors (Lipinski definition) is 10. The van der Waals surface area contributed by atoms with Crippen LogP contribution in [0.2, 0.25) is 0 Å². The second kappa shape index (κ2) is 46.6. The average molecular weight is 1020 g/mol. The molecule has 8 N–H and O–H groups in total. The molecule has 0 aromatic rings. The summed E-state index contributed by atoms with van der Waals surface area (Å²) in [5, 5.41) is 64.3. The van der Waals surface area contributed by atoms with E-state index in [-0.39, 0.29) is 12.3 Å². The molecule has 9 atom stereocenters. The molecule has 0 heterocycles. The van der Waals surface area contributed by atoms with Crippen molar-refractivity contribution in [3.8, 4) is 0 Å². The lowest BCUT2D eigenvalue weighted by molar-refractivity contribution is -0.220. The van der Waals surface area contributed by atoms with Gasteiger partial charge in [0.05, 0.1) is 18.8 Å². The lowest BCUT2D eigenvalue weighted by Crippen LogP contribution is -2.64. The second-order valence-electron chi connectivity index (χ2n) is 21.2. The molecular weight excluding hydrogens is 906 g/mol. The van der Waals surface area contributed by atoms with Crippen LogP contribution in [0.3, 0.4) is 0 Å². The Morgan fingerprint density at radius 1 is 0.471 bits per heavy atom. The fourth-order valence-electron chi connectivity index (χ4n) is 9.79. The Bertz CT molecular complexity index is 1230. The summed E-state index contributed by atoms with van der Waals surface area (Å²) in [6, 6.07) is -1.11. The molecule has 1 aliphatic rings. The first-order valence-corrected chi connectivity index (χ1v) is 31.1. The Kier molecular flexibility index (Phi) is 44.7. The summed E-state index contributed by atoms with van der Waals surface area (Å²) in [4.78, 5) is 23.5. The Labute approximate surface area is 429 Å². The third kappa shape index (κ3) is 36.9. The van der Waals surface area contributed by atoms with Gasteiger partial charge in [-0.1, -0.05) is 276 Å². The van der Waals surface area contributed by atoms with E-state index in [0.29, 0.717) is 6.42 Å². The summed E-state index contributed by atoms with van der Waals surface area (Å²) in [5.41, 5.74) is 0. The number of carbonyl (C=O) groups excluding carboxylic acids is 1. The van der Waals surface area contributed by atoms with Crippen LogP contribution in [0.15, 0.2) is 12.2 Å². The van der Waals surface area contributed by atoms with Crippen molar-refractivity contribution >= 4 is 13.7 Å². The van der Waals surface area contributed by atoms with E-state index in [1.54, 1.807) is 6.08 Å². The van der Waals surface area contributed by atoms with Gasteiger partial charge in [0.2, 0.25) is 5.91 Å². The predicted octanol–water partition coefficient (Wildman–Crippen LogP) is 13.5. The molecule has 416 valence electrons. The van der Waals surface area contributed by atoms with Crippen LogP contribution in [-0.2, 0) is 18.4 Å². The zero-order chi connectivity index (χ0) is 51.3. The summed E-state index contributed by atoms with van der Waals surface area (Å²) in [7, 11) is -5.08. The molecule has 1 amide bonds. The van der Waals surface area contributed by atoms with Crippen LogP contribution in [0, 0.1) is 0 Å². The van der Waals surface area contributed by atoms with Gasteiger partial charge >= 0.3 is 7.82 Å². The maximum atomic E-state index is 13.0. The van der Waals surface area contributed by atoms with Crippen LogP contribution in [-0.4, -0.2) is 96.8 Å². The number of aliphatic hydroxyl groups excluding tert-OH is 6. The minimum Gasteiger partial charge on any atom is -0.387 e. The van der Waals surface area contributed by atoms with E-state index in [9.17, 15) is 44.9 Å². The van der Waals surface area contributed by atoms with Gasteiger partial charge in [-0.2, -0.15) is 0 Å². The van der Waals surface area contributed by atoms with Gasteiger partial charge < -0.3 is 40.8 Å². The van der Waals surface area contributed by atoms with Crippen molar-refractivity contribution in [3.05, 3.63) is 12.2 Å². The van der Waals surface area contributed by atoms with Crippen LogP contribution in [0.4, 0.5) is 0 Å². The monoisotopic (exact) mass is 1020 g/mol. The zero-order valence-electron chi connectivity index (χ0n) is 45.1. The number of phosphoric ester groups is 1. The Morgan fingerprint density at radius 3 is 1.09 bits per heavy atom. The molecule has 1 aliphatic carbocycles. The first kappa shape index (κ1) is 67.1. The Hall–Kier alpha value is -0.920. The van der Waals surface area contributed by atoms with E-state index in [0.717, 1.165) is 44.9 Å². The highest BCUT2D eigenvalue weighted by Crippen LogP contribution is 2.47. The molecule has 1 fully saturated rings. The number of amides is 1. The van der Waals surface area contributed by atoms with Gasteiger partial charge in [-0.3, -0.25) is 13.8 Å². The largest absolute Gasteiger partial charge is 0.472 e. The lowest BCUT2D eigenvalue weighted by atomic mass is 9.85. The van der Waals surface area contributed by atoms with Crippen molar-refractivity contribution in [2.24, 2.45) is 0 Å². The molecule has 1 saturated carbocycles. The van der Waals surface area contributed by atoms with Gasteiger partial charge in [0.25, 0.3) is 0 Å². The first-order valence-electron chi connectivity index (χ1n) is 29.6. The van der Waals surface area contributed by atoms with Gasteiger partial charge in [0.1, 0.15) is 36.6 Å². The molecule has 0 aromatic carbocycles. The Morgan fingerprint density at radius 2 is 0.757 bits per heavy atom. The van der Waals surface area contributed by atoms with Crippen molar-refractivity contribution in [2.75, 3.05) is 6.61 Å². The molecule has 0 aliphatic heterocycles. The number of hydrogen-bond donors (Lipinski definition) is 8. The van der Waals surface area contributed by atoms with Gasteiger partial charge in [-0.15, -0.1) is 0 Å². The minimum atomic E-state index is -5.08. The summed E-state index contributed by atoms with van der Waals surface area (Å²) in [5.74, 6) is -0.334. The van der Waals surface area contributed by atoms with Crippen LogP contribution in [0.25, 0.3) is 0 Å². The van der Waals surface area contributed by atoms with Crippen molar-refractivity contribution < 1.29 is 53.9 Å². The topological polar surface area (TPSA) is 206 Å². The summed E-state index contributed by atoms with van der Waals surface area (Å²) >= 11 is 0. The molecule has 70 heavy (non-hydrogen) atoms. The van der Waals surface area contributed by atoms with Crippen molar-refractivity contribution in [1.82, 2.24) is 5.32 Å². The molecule has 0 bridgehead atoms. The molecule has 13 heteroatoms. The maximum absolute atomic E-state index is 13.0. The molecule has 6 unspecified atom stereocenters. The normalized spacial score (nSPS) is 21.3. The van der Waals surface area contributed by atoms with Crippen molar-refractivity contribution in [3.63, 3.8) is 0 Å². The summed E-state index contributed by atoms with van der Waals surface area (Å²) in [6.07, 6.45) is 44.4. The summed E-state index contributed by atoms with van der Waals surface area (Å²) < 4.78 is 23.0. The van der Waals surface area contributed by atoms with E-state index in [4.69, 9.17) is 9.05 Å². The van der Waals surface area contributed by atoms with Crippen LogP contribution in [0.5, 0.6) is 0 Å². The highest BCUT2D eigenvalue weighted by Gasteiger charge is 2.51. The fourth-order valence-corrected chi connectivity index (χ4v) is 10.8. The minimum absolute atomic E-state index is 0.219. The second-order valence-corrected chi connectivity index (χ2v) is 22.6. The smallest absolute Gasteiger partial charge is 0.387 e. The fraction of sp³-hybridized carbons (Fsp3) is 0.947. The number of phosphoric acid groups is 1. The van der Waals surface area contributed by atoms with Gasteiger partial charge in [0, 0.05) is 6.42 Å². The number of nitrogens with one attached hydrogen (secondary N) is 1. The molecule has 0 spiro atoms. The average Bonchev–Trinajstić information content (AvgIpc) is 3.34. The molecule has 12 nitrogen and oxygen atoms in total. The SMILES string of the molecule is CCCCCCCCCCCCCCCC/C=C/[C@@H](O)[C@H](COP(=O)(O)OC1C(O)C(O)C(O)[C@@H](O)C1O)NC(=O)CCCCCCCCCCCCCCCCCCCCCCCCCCCCC. The van der Waals surface area contributed by atoms with E-state index >= 15 is 0 Å². The standard InChI is InChI=1S/C57H112NO11P/c1-3-5-7-9-11-13-15-17-19-21-22-23-24-25-26-27-28-29-30-31-33-35-37-39-41-43-45-47-51(60)58-49(48-68-70(66,67)69-57-55(64)53(62)52(61)54(63)56(57)65)50(59)46-44-42-40-38-36-34-32-20-18-16-14-12-10-8-6-4-2/h44,46,49-50,52-57,59,61-65H,3-43,45,47-48H2,1-2H3,(H,58,60)(H,66,67)/b46-44+/t49-,50+,52?,53+,54?,55?,56?,57?/m0/s1. The quantitative estimate of drug-likeness (QED) is 0.0163. The van der Waals surface area contributed by atoms with Gasteiger partial charge in [0.15, 0.2) is 0 Å². The first-order chi connectivity index (χ1) is 33.9. The maximum Gasteiger partial charge on any atom is 0.472 e. The van der Waals surface area contributed by atoms with Gasteiger partial charge in [-0.25, -0.2) is 4.57 Å². The zero-order valence-corrected chi connectivity index (χ0v) is 46.0. The van der Waals surface area contributed by atoms with E-state index in [2.05, 4.69) is 19.2 Å². The van der Waals surface area contributed by atoms with E-state index in [1.807, 2.05) is 6.08 Å². The number of carbonyl (C=O) groups is 1. The lowest BCUT2D eigenvalue weighted by Gasteiger charge is -2.41. The van der Waals surface area contributed by atoms with E-state index in [1.165, 1.54) is 218 Å². The summed E-state index contributed by atoms with van der Waals surface area (Å²) in [6.45, 7) is 3.89. The molecule has 0 radical (unpaired) electrons. The van der Waals surface area contributed by atoms with Gasteiger partial charge in [-0.05, 0) is 19.3 Å². The van der Waals surface area contributed by atoms with Crippen molar-refractivity contribution in [2.45, 2.75) is 339 Å². The number of unbranched alkanes of at least 4 members (excludes halogenated alkanes) is 40.